The molecule has 0 saturated heterocycles. The SMILES string of the molecule is O=c1ccn([C@@H]2OC(CSc3ccccc3)=C[C@@H]2O)c(=O)[nH]1. The van der Waals surface area contributed by atoms with Crippen LogP contribution in [0.1, 0.15) is 6.23 Å². The second kappa shape index (κ2) is 6.25. The van der Waals surface area contributed by atoms with Crippen molar-refractivity contribution >= 4 is 11.8 Å². The number of rotatable bonds is 4. The molecule has 7 heteroatoms. The number of thioether (sulfide) groups is 1. The second-order valence-electron chi connectivity index (χ2n) is 4.75. The van der Waals surface area contributed by atoms with Crippen LogP contribution in [0.25, 0.3) is 0 Å². The van der Waals surface area contributed by atoms with E-state index in [-0.39, 0.29) is 0 Å². The van der Waals surface area contributed by atoms with E-state index in [2.05, 4.69) is 4.98 Å². The summed E-state index contributed by atoms with van der Waals surface area (Å²) in [5, 5.41) is 10.0. The van der Waals surface area contributed by atoms with Crippen molar-refractivity contribution in [3.8, 4) is 0 Å². The number of benzene rings is 1. The maximum Gasteiger partial charge on any atom is 0.331 e. The van der Waals surface area contributed by atoms with Gasteiger partial charge in [-0.1, -0.05) is 18.2 Å². The van der Waals surface area contributed by atoms with E-state index in [4.69, 9.17) is 4.74 Å². The predicted octanol–water partition coefficient (Wildman–Crippen LogP) is 1.10. The maximum atomic E-state index is 11.7. The molecule has 0 saturated carbocycles. The van der Waals surface area contributed by atoms with Crippen LogP contribution in [0.5, 0.6) is 0 Å². The highest BCUT2D eigenvalue weighted by Gasteiger charge is 2.29. The molecule has 0 aliphatic carbocycles. The molecule has 0 amide bonds. The van der Waals surface area contributed by atoms with Gasteiger partial charge in [-0.2, -0.15) is 0 Å². The van der Waals surface area contributed by atoms with Crippen molar-refractivity contribution in [3.05, 3.63) is 75.3 Å². The molecule has 0 spiro atoms. The number of nitrogens with one attached hydrogen (secondary N) is 1. The number of aliphatic hydroxyl groups is 1. The van der Waals surface area contributed by atoms with Crippen LogP contribution in [-0.4, -0.2) is 26.5 Å². The van der Waals surface area contributed by atoms with Crippen molar-refractivity contribution < 1.29 is 9.84 Å². The number of aliphatic hydroxyl groups excluding tert-OH is 1. The van der Waals surface area contributed by atoms with Crippen LogP contribution < -0.4 is 11.2 Å². The first-order chi connectivity index (χ1) is 10.6. The Labute approximate surface area is 130 Å². The van der Waals surface area contributed by atoms with Gasteiger partial charge in [0.1, 0.15) is 11.9 Å². The highest BCUT2D eigenvalue weighted by atomic mass is 32.2. The normalized spacial score (nSPS) is 20.5. The summed E-state index contributed by atoms with van der Waals surface area (Å²) >= 11 is 1.57. The minimum atomic E-state index is -0.935. The summed E-state index contributed by atoms with van der Waals surface area (Å²) in [6.45, 7) is 0. The van der Waals surface area contributed by atoms with Gasteiger partial charge >= 0.3 is 5.69 Å². The molecule has 2 heterocycles. The van der Waals surface area contributed by atoms with Crippen molar-refractivity contribution in [2.75, 3.05) is 5.75 Å². The molecule has 0 radical (unpaired) electrons. The summed E-state index contributed by atoms with van der Waals surface area (Å²) in [4.78, 5) is 26.1. The van der Waals surface area contributed by atoms with Crippen molar-refractivity contribution in [3.63, 3.8) is 0 Å². The zero-order valence-corrected chi connectivity index (χ0v) is 12.3. The van der Waals surface area contributed by atoms with Gasteiger partial charge in [-0.05, 0) is 18.2 Å². The minimum Gasteiger partial charge on any atom is -0.471 e. The van der Waals surface area contributed by atoms with E-state index in [1.165, 1.54) is 16.8 Å². The molecule has 0 fully saturated rings. The Morgan fingerprint density at radius 3 is 2.73 bits per heavy atom. The van der Waals surface area contributed by atoms with Crippen molar-refractivity contribution in [1.29, 1.82) is 0 Å². The average Bonchev–Trinajstić information content (AvgIpc) is 2.87. The van der Waals surface area contributed by atoms with Crippen LogP contribution in [0.2, 0.25) is 0 Å². The molecule has 0 unspecified atom stereocenters. The number of H-pyrrole nitrogens is 1. The lowest BCUT2D eigenvalue weighted by atomic mass is 10.3. The van der Waals surface area contributed by atoms with Crippen LogP contribution >= 0.6 is 11.8 Å². The zero-order valence-electron chi connectivity index (χ0n) is 11.5. The quantitative estimate of drug-likeness (QED) is 0.825. The van der Waals surface area contributed by atoms with Gasteiger partial charge in [-0.15, -0.1) is 11.8 Å². The van der Waals surface area contributed by atoms with E-state index in [1.54, 1.807) is 17.8 Å². The fraction of sp³-hybridized carbons (Fsp3) is 0.200. The Morgan fingerprint density at radius 1 is 1.23 bits per heavy atom. The van der Waals surface area contributed by atoms with E-state index < -0.39 is 23.6 Å². The Bertz CT molecular complexity index is 797. The van der Waals surface area contributed by atoms with Crippen LogP contribution in [0.3, 0.4) is 0 Å². The zero-order chi connectivity index (χ0) is 15.5. The summed E-state index contributed by atoms with van der Waals surface area (Å²) in [7, 11) is 0. The third-order valence-electron chi connectivity index (χ3n) is 3.17. The highest BCUT2D eigenvalue weighted by Crippen LogP contribution is 2.29. The third kappa shape index (κ3) is 3.15. The van der Waals surface area contributed by atoms with Gasteiger partial charge in [0.25, 0.3) is 5.56 Å². The number of ether oxygens (including phenoxy) is 1. The van der Waals surface area contributed by atoms with E-state index in [9.17, 15) is 14.7 Å². The van der Waals surface area contributed by atoms with E-state index >= 15 is 0 Å². The molecule has 0 bridgehead atoms. The molecule has 114 valence electrons. The number of aromatic amines is 1. The van der Waals surface area contributed by atoms with Crippen LogP contribution in [0, 0.1) is 0 Å². The van der Waals surface area contributed by atoms with E-state index in [0.717, 1.165) is 4.90 Å². The monoisotopic (exact) mass is 318 g/mol. The first-order valence-corrected chi connectivity index (χ1v) is 7.67. The Kier molecular flexibility index (Phi) is 4.17. The number of hydrogen-bond acceptors (Lipinski definition) is 5. The van der Waals surface area contributed by atoms with Crippen molar-refractivity contribution in [2.45, 2.75) is 17.2 Å². The molecule has 2 N–H and O–H groups in total. The van der Waals surface area contributed by atoms with Crippen molar-refractivity contribution in [1.82, 2.24) is 9.55 Å². The fourth-order valence-electron chi connectivity index (χ4n) is 2.14. The van der Waals surface area contributed by atoms with Crippen LogP contribution in [0.4, 0.5) is 0 Å². The third-order valence-corrected chi connectivity index (χ3v) is 4.20. The Balaban J connectivity index is 1.69. The van der Waals surface area contributed by atoms with E-state index in [1.807, 2.05) is 30.3 Å². The minimum absolute atomic E-state index is 0.485. The van der Waals surface area contributed by atoms with Gasteiger partial charge in [-0.25, -0.2) is 4.79 Å². The Morgan fingerprint density at radius 2 is 2.00 bits per heavy atom. The first-order valence-electron chi connectivity index (χ1n) is 6.68. The van der Waals surface area contributed by atoms with Gasteiger partial charge < -0.3 is 9.84 Å². The maximum absolute atomic E-state index is 11.7. The Hall–Kier alpha value is -2.25. The molecule has 6 nitrogen and oxygen atoms in total. The summed E-state index contributed by atoms with van der Waals surface area (Å²) in [6.07, 6.45) is 1.11. The molecule has 1 aromatic heterocycles. The largest absolute Gasteiger partial charge is 0.471 e. The van der Waals surface area contributed by atoms with Crippen molar-refractivity contribution in [2.24, 2.45) is 0 Å². The number of nitrogens with zero attached hydrogens (tertiary/aromatic N) is 1. The molecule has 1 aromatic carbocycles. The molecule has 1 aliphatic rings. The van der Waals surface area contributed by atoms with Gasteiger partial charge in [0.05, 0.1) is 5.75 Å². The van der Waals surface area contributed by atoms with Gasteiger partial charge in [0, 0.05) is 17.2 Å². The molecule has 1 aliphatic heterocycles. The second-order valence-corrected chi connectivity index (χ2v) is 5.80. The van der Waals surface area contributed by atoms with Crippen LogP contribution in [-0.2, 0) is 4.74 Å². The van der Waals surface area contributed by atoms with Crippen LogP contribution in [0.15, 0.2) is 68.9 Å². The molecular weight excluding hydrogens is 304 g/mol. The highest BCUT2D eigenvalue weighted by molar-refractivity contribution is 7.99. The lowest BCUT2D eigenvalue weighted by Crippen LogP contribution is -2.35. The molecule has 2 atom stereocenters. The number of hydrogen-bond donors (Lipinski definition) is 2. The topological polar surface area (TPSA) is 84.3 Å². The first kappa shape index (κ1) is 14.7. The summed E-state index contributed by atoms with van der Waals surface area (Å²) in [6, 6.07) is 11.0. The van der Waals surface area contributed by atoms with Gasteiger partial charge in [0.15, 0.2) is 0 Å². The average molecular weight is 318 g/mol. The fourth-order valence-corrected chi connectivity index (χ4v) is 2.96. The standard InChI is InChI=1S/C15H14N2O4S/c18-12-8-10(9-22-11-4-2-1-3-5-11)21-14(12)17-7-6-13(19)16-15(17)20/h1-8,12,14,18H,9H2,(H,16,19,20)/t12-,14+/m0/s1. The lowest BCUT2D eigenvalue weighted by Gasteiger charge is -2.17. The summed E-state index contributed by atoms with van der Waals surface area (Å²) < 4.78 is 6.80. The van der Waals surface area contributed by atoms with E-state index in [0.29, 0.717) is 11.5 Å². The summed E-state index contributed by atoms with van der Waals surface area (Å²) in [5.74, 6) is 1.15. The molecular formula is C15H14N2O4S. The predicted molar refractivity (Wildman–Crippen MR) is 82.7 cm³/mol. The van der Waals surface area contributed by atoms with Gasteiger partial charge in [0.2, 0.25) is 6.23 Å². The molecule has 2 aromatic rings. The smallest absolute Gasteiger partial charge is 0.331 e. The molecule has 22 heavy (non-hydrogen) atoms. The molecule has 3 rings (SSSR count). The number of aromatic nitrogens is 2. The van der Waals surface area contributed by atoms with Gasteiger partial charge in [-0.3, -0.25) is 14.3 Å². The summed E-state index contributed by atoms with van der Waals surface area (Å²) in [5.41, 5.74) is -1.09. The lowest BCUT2D eigenvalue weighted by molar-refractivity contribution is -0.00164.